The largest absolute Gasteiger partial charge is 0.507 e. The van der Waals surface area contributed by atoms with E-state index in [2.05, 4.69) is 6.07 Å². The first-order valence-corrected chi connectivity index (χ1v) is 9.29. The van der Waals surface area contributed by atoms with Gasteiger partial charge >= 0.3 is 0 Å². The number of para-hydroxylation sites is 2. The van der Waals surface area contributed by atoms with Crippen LogP contribution in [0.5, 0.6) is 17.2 Å². The summed E-state index contributed by atoms with van der Waals surface area (Å²) >= 11 is 0. The second kappa shape index (κ2) is 6.60. The van der Waals surface area contributed by atoms with Gasteiger partial charge in [-0.2, -0.15) is 5.10 Å². The molecule has 5 nitrogen and oxygen atoms in total. The Labute approximate surface area is 163 Å². The van der Waals surface area contributed by atoms with Crippen molar-refractivity contribution in [3.8, 4) is 17.2 Å². The Kier molecular flexibility index (Phi) is 3.93. The predicted octanol–water partition coefficient (Wildman–Crippen LogP) is 4.64. The predicted molar refractivity (Wildman–Crippen MR) is 107 cm³/mol. The molecule has 0 aromatic heterocycles. The molecule has 0 aliphatic carbocycles. The Morgan fingerprint density at radius 3 is 2.57 bits per heavy atom. The molecule has 2 atom stereocenters. The molecular formula is C23H20N2O3. The van der Waals surface area contributed by atoms with Crippen LogP contribution in [0, 0.1) is 0 Å². The van der Waals surface area contributed by atoms with E-state index in [-0.39, 0.29) is 18.0 Å². The molecule has 140 valence electrons. The smallest absolute Gasteiger partial charge is 0.214 e. The third kappa shape index (κ3) is 2.59. The molecule has 0 fully saturated rings. The van der Waals surface area contributed by atoms with Gasteiger partial charge in [0, 0.05) is 23.1 Å². The van der Waals surface area contributed by atoms with Gasteiger partial charge in [0.15, 0.2) is 11.5 Å². The Balaban J connectivity index is 1.64. The lowest BCUT2D eigenvalue weighted by Gasteiger charge is -2.38. The number of aromatic hydroxyl groups is 1. The fourth-order valence-corrected chi connectivity index (χ4v) is 3.96. The molecule has 3 aromatic carbocycles. The summed E-state index contributed by atoms with van der Waals surface area (Å²) in [6.45, 7) is 0. The molecule has 0 radical (unpaired) electrons. The average molecular weight is 372 g/mol. The normalized spacial score (nSPS) is 20.0. The highest BCUT2D eigenvalue weighted by Gasteiger charge is 2.42. The van der Waals surface area contributed by atoms with Crippen LogP contribution in [-0.4, -0.2) is 22.9 Å². The van der Waals surface area contributed by atoms with E-state index in [4.69, 9.17) is 14.6 Å². The third-order valence-electron chi connectivity index (χ3n) is 5.30. The zero-order chi connectivity index (χ0) is 19.1. The number of hydrogen-bond donors (Lipinski definition) is 1. The van der Waals surface area contributed by atoms with Gasteiger partial charge in [0.05, 0.1) is 18.9 Å². The summed E-state index contributed by atoms with van der Waals surface area (Å²) in [6, 6.07) is 23.3. The zero-order valence-electron chi connectivity index (χ0n) is 15.4. The molecule has 0 saturated heterocycles. The average Bonchev–Trinajstić information content (AvgIpc) is 3.19. The number of hydrazone groups is 1. The van der Waals surface area contributed by atoms with Crippen LogP contribution >= 0.6 is 0 Å². The van der Waals surface area contributed by atoms with Crippen LogP contribution in [0.1, 0.15) is 35.4 Å². The lowest BCUT2D eigenvalue weighted by Crippen LogP contribution is -2.33. The third-order valence-corrected chi connectivity index (χ3v) is 5.30. The van der Waals surface area contributed by atoms with Crippen molar-refractivity contribution in [1.29, 1.82) is 0 Å². The number of rotatable bonds is 3. The van der Waals surface area contributed by atoms with Crippen LogP contribution in [0.3, 0.4) is 0 Å². The summed E-state index contributed by atoms with van der Waals surface area (Å²) in [4.78, 5) is 0. The van der Waals surface area contributed by atoms with E-state index in [1.54, 1.807) is 13.2 Å². The van der Waals surface area contributed by atoms with Gasteiger partial charge in [0.25, 0.3) is 0 Å². The summed E-state index contributed by atoms with van der Waals surface area (Å²) in [7, 11) is 1.65. The Bertz CT molecular complexity index is 1050. The van der Waals surface area contributed by atoms with Gasteiger partial charge in [-0.25, -0.2) is 5.01 Å². The molecular weight excluding hydrogens is 352 g/mol. The highest BCUT2D eigenvalue weighted by atomic mass is 16.5. The van der Waals surface area contributed by atoms with Crippen LogP contribution in [0.2, 0.25) is 0 Å². The second-order valence-electron chi connectivity index (χ2n) is 6.92. The number of fused-ring (bicyclic) bond motifs is 3. The molecule has 1 N–H and O–H groups in total. The molecule has 0 saturated carbocycles. The van der Waals surface area contributed by atoms with Crippen molar-refractivity contribution in [2.45, 2.75) is 18.7 Å². The van der Waals surface area contributed by atoms with Gasteiger partial charge in [-0.05, 0) is 18.2 Å². The Morgan fingerprint density at radius 2 is 1.79 bits per heavy atom. The minimum atomic E-state index is -0.363. The van der Waals surface area contributed by atoms with Crippen LogP contribution in [0.25, 0.3) is 0 Å². The molecule has 0 unspecified atom stereocenters. The molecule has 0 amide bonds. The van der Waals surface area contributed by atoms with E-state index < -0.39 is 0 Å². The van der Waals surface area contributed by atoms with E-state index in [0.29, 0.717) is 12.2 Å². The molecule has 0 spiro atoms. The first kappa shape index (κ1) is 16.7. The standard InChI is InChI=1S/C23H20N2O3/c1-27-21-13-7-11-17-19-14-18(16-10-5-6-12-20(16)26)24-25(19)23(28-22(17)21)15-8-3-2-4-9-15/h2-13,19,23,26H,14H2,1H3/t19-,23+/m1/s1. The van der Waals surface area contributed by atoms with Gasteiger partial charge in [0.2, 0.25) is 6.23 Å². The maximum Gasteiger partial charge on any atom is 0.214 e. The summed E-state index contributed by atoms with van der Waals surface area (Å²) in [6.07, 6.45) is 0.322. The fraction of sp³-hybridized carbons (Fsp3) is 0.174. The molecule has 2 heterocycles. The van der Waals surface area contributed by atoms with Gasteiger partial charge in [-0.1, -0.05) is 54.6 Å². The van der Waals surface area contributed by atoms with Crippen molar-refractivity contribution in [2.75, 3.05) is 7.11 Å². The number of phenolic OH excluding ortho intramolecular Hbond substituents is 1. The zero-order valence-corrected chi connectivity index (χ0v) is 15.4. The lowest BCUT2D eigenvalue weighted by atomic mass is 9.95. The maximum atomic E-state index is 10.3. The maximum absolute atomic E-state index is 10.3. The lowest BCUT2D eigenvalue weighted by molar-refractivity contribution is -0.0209. The first-order valence-electron chi connectivity index (χ1n) is 9.29. The van der Waals surface area contributed by atoms with Crippen LogP contribution in [0.15, 0.2) is 77.9 Å². The summed E-state index contributed by atoms with van der Waals surface area (Å²) < 4.78 is 12.0. The van der Waals surface area contributed by atoms with Crippen molar-refractivity contribution in [1.82, 2.24) is 5.01 Å². The monoisotopic (exact) mass is 372 g/mol. The Morgan fingerprint density at radius 1 is 1.00 bits per heavy atom. The molecule has 3 aromatic rings. The van der Waals surface area contributed by atoms with Crippen molar-refractivity contribution in [3.05, 3.63) is 89.5 Å². The Hall–Kier alpha value is -3.47. The SMILES string of the molecule is COc1cccc2c1O[C@@H](c1ccccc1)N1N=C(c3ccccc3O)C[C@H]21. The second-order valence-corrected chi connectivity index (χ2v) is 6.92. The van der Waals surface area contributed by atoms with Gasteiger partial charge in [-0.15, -0.1) is 0 Å². The first-order chi connectivity index (χ1) is 13.8. The van der Waals surface area contributed by atoms with Crippen molar-refractivity contribution < 1.29 is 14.6 Å². The molecule has 0 bridgehead atoms. The van der Waals surface area contributed by atoms with Crippen LogP contribution in [-0.2, 0) is 0 Å². The highest BCUT2D eigenvalue weighted by molar-refractivity contribution is 6.04. The molecule has 5 heteroatoms. The number of benzene rings is 3. The number of hydrogen-bond acceptors (Lipinski definition) is 5. The van der Waals surface area contributed by atoms with Crippen molar-refractivity contribution in [2.24, 2.45) is 5.10 Å². The van der Waals surface area contributed by atoms with Gasteiger partial charge < -0.3 is 14.6 Å². The van der Waals surface area contributed by atoms with E-state index in [0.717, 1.165) is 28.2 Å². The number of methoxy groups -OCH3 is 1. The van der Waals surface area contributed by atoms with Crippen molar-refractivity contribution in [3.63, 3.8) is 0 Å². The van der Waals surface area contributed by atoms with Gasteiger partial charge in [-0.3, -0.25) is 0 Å². The fourth-order valence-electron chi connectivity index (χ4n) is 3.96. The number of nitrogens with zero attached hydrogens (tertiary/aromatic N) is 2. The van der Waals surface area contributed by atoms with E-state index in [1.165, 1.54) is 0 Å². The molecule has 2 aliphatic heterocycles. The van der Waals surface area contributed by atoms with Crippen LogP contribution in [0.4, 0.5) is 0 Å². The molecule has 5 rings (SSSR count). The quantitative estimate of drug-likeness (QED) is 0.728. The minimum absolute atomic E-state index is 0.0127. The minimum Gasteiger partial charge on any atom is -0.507 e. The van der Waals surface area contributed by atoms with Gasteiger partial charge in [0.1, 0.15) is 5.75 Å². The summed E-state index contributed by atoms with van der Waals surface area (Å²) in [5.41, 5.74) is 3.67. The van der Waals surface area contributed by atoms with E-state index in [9.17, 15) is 5.11 Å². The number of ether oxygens (including phenoxy) is 2. The number of phenols is 1. The van der Waals surface area contributed by atoms with Crippen molar-refractivity contribution >= 4 is 5.71 Å². The van der Waals surface area contributed by atoms with E-state index in [1.807, 2.05) is 65.7 Å². The summed E-state index contributed by atoms with van der Waals surface area (Å²) in [5, 5.41) is 17.2. The van der Waals surface area contributed by atoms with E-state index >= 15 is 0 Å². The molecule has 2 aliphatic rings. The molecule has 28 heavy (non-hydrogen) atoms. The highest BCUT2D eigenvalue weighted by Crippen LogP contribution is 2.50. The summed E-state index contributed by atoms with van der Waals surface area (Å²) in [5.74, 6) is 1.71. The topological polar surface area (TPSA) is 54.3 Å². The van der Waals surface area contributed by atoms with Crippen LogP contribution < -0.4 is 9.47 Å².